The Hall–Kier alpha value is 0.0500. The average molecular weight is 181 g/mol. The summed E-state index contributed by atoms with van der Waals surface area (Å²) in [4.78, 5) is 1.37. The van der Waals surface area contributed by atoms with Gasteiger partial charge in [-0.1, -0.05) is 12.2 Å². The van der Waals surface area contributed by atoms with Crippen LogP contribution in [0.4, 0.5) is 0 Å². The zero-order chi connectivity index (χ0) is 8.34. The van der Waals surface area contributed by atoms with Gasteiger partial charge in [-0.05, 0) is 54.7 Å². The molecule has 4 aliphatic carbocycles. The summed E-state index contributed by atoms with van der Waals surface area (Å²) < 4.78 is 0. The predicted octanol–water partition coefficient (Wildman–Crippen LogP) is 1.89. The lowest BCUT2D eigenvalue weighted by molar-refractivity contribution is 0.0839. The summed E-state index contributed by atoms with van der Waals surface area (Å²) in [6.45, 7) is 0. The lowest BCUT2D eigenvalue weighted by Gasteiger charge is -2.55. The van der Waals surface area contributed by atoms with Crippen molar-refractivity contribution < 1.29 is 0 Å². The summed E-state index contributed by atoms with van der Waals surface area (Å²) in [5.41, 5.74) is 6.52. The van der Waals surface area contributed by atoms with Crippen molar-refractivity contribution in [3.8, 4) is 0 Å². The van der Waals surface area contributed by atoms with Crippen LogP contribution < -0.4 is 5.73 Å². The van der Waals surface area contributed by atoms with Gasteiger partial charge >= 0.3 is 0 Å². The average Bonchev–Trinajstić information content (AvgIpc) is 1.96. The van der Waals surface area contributed by atoms with Crippen molar-refractivity contribution in [1.82, 2.24) is 0 Å². The third-order valence-corrected chi connectivity index (χ3v) is 4.71. The lowest BCUT2D eigenvalue weighted by atomic mass is 9.53. The van der Waals surface area contributed by atoms with E-state index in [0.717, 1.165) is 17.8 Å². The van der Waals surface area contributed by atoms with Crippen LogP contribution in [-0.4, -0.2) is 10.4 Å². The minimum absolute atomic E-state index is 0.193. The molecule has 0 aliphatic heterocycles. The fourth-order valence-electron chi connectivity index (χ4n) is 3.81. The standard InChI is InChI=1S/C10H15NS/c11-10-3-6-1-7(4-10)9(12)8(2-6)5-10/h6-8H,1-5,11H2. The number of hydrogen-bond acceptors (Lipinski definition) is 2. The molecule has 2 N–H and O–H groups in total. The monoisotopic (exact) mass is 181 g/mol. The number of hydrogen-bond donors (Lipinski definition) is 1. The zero-order valence-corrected chi connectivity index (χ0v) is 8.07. The van der Waals surface area contributed by atoms with Crippen molar-refractivity contribution in [2.75, 3.05) is 0 Å². The van der Waals surface area contributed by atoms with Crippen molar-refractivity contribution >= 4 is 17.1 Å². The molecule has 4 fully saturated rings. The highest BCUT2D eigenvalue weighted by molar-refractivity contribution is 7.80. The molecule has 4 saturated carbocycles. The molecule has 2 unspecified atom stereocenters. The van der Waals surface area contributed by atoms with Crippen LogP contribution >= 0.6 is 12.2 Å². The van der Waals surface area contributed by atoms with Gasteiger partial charge < -0.3 is 5.73 Å². The van der Waals surface area contributed by atoms with Crippen LogP contribution in [0.2, 0.25) is 0 Å². The highest BCUT2D eigenvalue weighted by Gasteiger charge is 2.51. The molecule has 4 aliphatic rings. The van der Waals surface area contributed by atoms with Gasteiger partial charge in [0.25, 0.3) is 0 Å². The molecule has 0 spiro atoms. The fourth-order valence-corrected chi connectivity index (χ4v) is 4.17. The summed E-state index contributed by atoms with van der Waals surface area (Å²) in [6, 6.07) is 0. The van der Waals surface area contributed by atoms with Crippen LogP contribution in [0, 0.1) is 17.8 Å². The normalized spacial score (nSPS) is 56.4. The molecule has 0 heterocycles. The zero-order valence-electron chi connectivity index (χ0n) is 7.25. The maximum atomic E-state index is 6.32. The van der Waals surface area contributed by atoms with E-state index in [2.05, 4.69) is 0 Å². The summed E-state index contributed by atoms with van der Waals surface area (Å²) in [5.74, 6) is 2.35. The second-order valence-corrected chi connectivity index (χ2v) is 5.58. The Morgan fingerprint density at radius 1 is 1.17 bits per heavy atom. The Balaban J connectivity index is 2.00. The maximum absolute atomic E-state index is 6.32. The van der Waals surface area contributed by atoms with Crippen LogP contribution in [0.1, 0.15) is 32.1 Å². The van der Waals surface area contributed by atoms with Gasteiger partial charge in [-0.3, -0.25) is 0 Å². The topological polar surface area (TPSA) is 26.0 Å². The molecule has 12 heavy (non-hydrogen) atoms. The second kappa shape index (κ2) is 2.10. The van der Waals surface area contributed by atoms with Crippen molar-refractivity contribution in [2.45, 2.75) is 37.6 Å². The van der Waals surface area contributed by atoms with Gasteiger partial charge in [0, 0.05) is 5.54 Å². The first kappa shape index (κ1) is 7.45. The first-order chi connectivity index (χ1) is 5.66. The molecule has 0 aromatic carbocycles. The van der Waals surface area contributed by atoms with E-state index < -0.39 is 0 Å². The molecule has 4 rings (SSSR count). The summed E-state index contributed by atoms with van der Waals surface area (Å²) in [7, 11) is 0. The lowest BCUT2D eigenvalue weighted by Crippen LogP contribution is -2.59. The Morgan fingerprint density at radius 2 is 1.75 bits per heavy atom. The molecule has 4 bridgehead atoms. The van der Waals surface area contributed by atoms with Gasteiger partial charge in [-0.25, -0.2) is 0 Å². The van der Waals surface area contributed by atoms with Gasteiger partial charge in [-0.2, -0.15) is 0 Å². The van der Waals surface area contributed by atoms with Crippen LogP contribution in [0.25, 0.3) is 0 Å². The SMILES string of the molecule is NC12CC3CC(C1)C(=S)C(C3)C2. The third kappa shape index (κ3) is 0.854. The van der Waals surface area contributed by atoms with Gasteiger partial charge in [-0.15, -0.1) is 0 Å². The molecule has 0 radical (unpaired) electrons. The van der Waals surface area contributed by atoms with Crippen molar-refractivity contribution in [2.24, 2.45) is 23.5 Å². The molecule has 66 valence electrons. The predicted molar refractivity (Wildman–Crippen MR) is 53.1 cm³/mol. The van der Waals surface area contributed by atoms with Gasteiger partial charge in [0.15, 0.2) is 0 Å². The van der Waals surface area contributed by atoms with Gasteiger partial charge in [0.1, 0.15) is 0 Å². The van der Waals surface area contributed by atoms with E-state index >= 15 is 0 Å². The highest BCUT2D eigenvalue weighted by Crippen LogP contribution is 2.53. The Morgan fingerprint density at radius 3 is 2.25 bits per heavy atom. The van der Waals surface area contributed by atoms with Crippen molar-refractivity contribution in [3.63, 3.8) is 0 Å². The Bertz CT molecular complexity index is 230. The summed E-state index contributed by atoms with van der Waals surface area (Å²) >= 11 is 5.47. The molecule has 0 aromatic rings. The van der Waals surface area contributed by atoms with E-state index in [9.17, 15) is 0 Å². The van der Waals surface area contributed by atoms with Gasteiger partial charge in [0.2, 0.25) is 0 Å². The van der Waals surface area contributed by atoms with E-state index in [1.54, 1.807) is 0 Å². The minimum atomic E-state index is 0.193. The molecule has 0 amide bonds. The first-order valence-corrected chi connectivity index (χ1v) is 5.40. The second-order valence-electron chi connectivity index (χ2n) is 5.11. The summed E-state index contributed by atoms with van der Waals surface area (Å²) in [5, 5.41) is 0. The molecule has 2 atom stereocenters. The smallest absolute Gasteiger partial charge is 0.0169 e. The van der Waals surface area contributed by atoms with Crippen LogP contribution in [0.3, 0.4) is 0 Å². The highest BCUT2D eigenvalue weighted by atomic mass is 32.1. The van der Waals surface area contributed by atoms with E-state index in [1.165, 1.54) is 37.0 Å². The number of rotatable bonds is 0. The van der Waals surface area contributed by atoms with Crippen molar-refractivity contribution in [1.29, 1.82) is 0 Å². The molecule has 2 heteroatoms. The van der Waals surface area contributed by atoms with E-state index in [4.69, 9.17) is 18.0 Å². The quantitative estimate of drug-likeness (QED) is 0.578. The summed E-state index contributed by atoms with van der Waals surface area (Å²) in [6.07, 6.45) is 6.38. The van der Waals surface area contributed by atoms with Crippen LogP contribution in [-0.2, 0) is 0 Å². The molecule has 0 saturated heterocycles. The number of nitrogens with two attached hydrogens (primary N) is 1. The van der Waals surface area contributed by atoms with Crippen molar-refractivity contribution in [3.05, 3.63) is 0 Å². The van der Waals surface area contributed by atoms with Gasteiger partial charge in [0.05, 0.1) is 0 Å². The maximum Gasteiger partial charge on any atom is 0.0169 e. The number of thiocarbonyl (C=S) groups is 1. The molecule has 1 nitrogen and oxygen atoms in total. The minimum Gasteiger partial charge on any atom is -0.325 e. The first-order valence-electron chi connectivity index (χ1n) is 4.99. The van der Waals surface area contributed by atoms with E-state index in [0.29, 0.717) is 0 Å². The van der Waals surface area contributed by atoms with E-state index in [1.807, 2.05) is 0 Å². The Labute approximate surface area is 78.7 Å². The van der Waals surface area contributed by atoms with Crippen LogP contribution in [0.15, 0.2) is 0 Å². The van der Waals surface area contributed by atoms with Crippen LogP contribution in [0.5, 0.6) is 0 Å². The third-order valence-electron chi connectivity index (χ3n) is 4.04. The largest absolute Gasteiger partial charge is 0.325 e. The molecule has 0 aromatic heterocycles. The van der Waals surface area contributed by atoms with E-state index in [-0.39, 0.29) is 5.54 Å². The molecular weight excluding hydrogens is 166 g/mol. The Kier molecular flexibility index (Phi) is 1.30. The molecular formula is C10H15NS. The fraction of sp³-hybridized carbons (Fsp3) is 0.900.